The van der Waals surface area contributed by atoms with E-state index in [9.17, 15) is 14.9 Å². The van der Waals surface area contributed by atoms with Crippen molar-refractivity contribution >= 4 is 11.8 Å². The lowest BCUT2D eigenvalue weighted by Crippen LogP contribution is -2.48. The molecule has 1 saturated heterocycles. The Balaban J connectivity index is 1.73. The number of non-ortho nitro benzene ring substituents is 1. The summed E-state index contributed by atoms with van der Waals surface area (Å²) in [6.07, 6.45) is 3.14. The molecule has 0 bridgehead atoms. The third kappa shape index (κ3) is 6.75. The van der Waals surface area contributed by atoms with Gasteiger partial charge in [-0.1, -0.05) is 6.07 Å². The van der Waals surface area contributed by atoms with Crippen LogP contribution in [0.25, 0.3) is 11.1 Å². The van der Waals surface area contributed by atoms with Crippen LogP contribution in [0.1, 0.15) is 44.9 Å². The van der Waals surface area contributed by atoms with E-state index in [2.05, 4.69) is 15.2 Å². The van der Waals surface area contributed by atoms with Crippen molar-refractivity contribution < 1.29 is 14.5 Å². The highest BCUT2D eigenvalue weighted by Gasteiger charge is 2.24. The van der Waals surface area contributed by atoms with Crippen molar-refractivity contribution in [3.63, 3.8) is 0 Å². The van der Waals surface area contributed by atoms with Crippen LogP contribution >= 0.6 is 0 Å². The number of pyridine rings is 1. The van der Waals surface area contributed by atoms with E-state index in [1.165, 1.54) is 0 Å². The van der Waals surface area contributed by atoms with E-state index in [0.717, 1.165) is 41.8 Å². The Morgan fingerprint density at radius 3 is 2.71 bits per heavy atom. The van der Waals surface area contributed by atoms with Crippen LogP contribution in [-0.4, -0.2) is 45.6 Å². The Morgan fingerprint density at radius 2 is 2.06 bits per heavy atom. The fraction of sp³-hybridized carbons (Fsp3) is 0.478. The largest absolute Gasteiger partial charge is 0.444 e. The third-order valence-corrected chi connectivity index (χ3v) is 5.07. The van der Waals surface area contributed by atoms with E-state index in [0.29, 0.717) is 13.1 Å². The highest BCUT2D eigenvalue weighted by Crippen LogP contribution is 2.27. The van der Waals surface area contributed by atoms with E-state index in [4.69, 9.17) is 4.74 Å². The normalized spacial score (nSPS) is 17.2. The molecule has 1 N–H and O–H groups in total. The summed E-state index contributed by atoms with van der Waals surface area (Å²) in [6.45, 7) is 9.52. The van der Waals surface area contributed by atoms with Crippen LogP contribution in [0, 0.1) is 17.0 Å². The van der Waals surface area contributed by atoms with Crippen molar-refractivity contribution in [2.45, 2.75) is 58.7 Å². The summed E-state index contributed by atoms with van der Waals surface area (Å²) in [5.41, 5.74) is 2.90. The zero-order chi connectivity index (χ0) is 22.6. The number of aromatic nitrogens is 1. The molecule has 8 nitrogen and oxygen atoms in total. The Labute approximate surface area is 182 Å². The fourth-order valence-electron chi connectivity index (χ4n) is 3.73. The first kappa shape index (κ1) is 22.7. The number of benzene rings is 1. The summed E-state index contributed by atoms with van der Waals surface area (Å²) in [5.74, 6) is 0. The number of carbonyl (C=O) groups excluding carboxylic acids is 1. The van der Waals surface area contributed by atoms with Crippen LogP contribution < -0.4 is 5.32 Å². The van der Waals surface area contributed by atoms with E-state index >= 15 is 0 Å². The topological polar surface area (TPSA) is 97.6 Å². The van der Waals surface area contributed by atoms with E-state index in [1.807, 2.05) is 45.9 Å². The number of hydrogen-bond acceptors (Lipinski definition) is 6. The number of ether oxygens (including phenoxy) is 1. The molecule has 31 heavy (non-hydrogen) atoms. The number of carbonyl (C=O) groups is 1. The van der Waals surface area contributed by atoms with Crippen molar-refractivity contribution in [3.05, 3.63) is 57.9 Å². The molecule has 0 spiro atoms. The van der Waals surface area contributed by atoms with Gasteiger partial charge in [-0.05, 0) is 70.3 Å². The Morgan fingerprint density at radius 1 is 1.29 bits per heavy atom. The first-order chi connectivity index (χ1) is 14.6. The number of hydrogen-bond donors (Lipinski definition) is 1. The van der Waals surface area contributed by atoms with Gasteiger partial charge in [-0.2, -0.15) is 0 Å². The molecule has 2 heterocycles. The van der Waals surface area contributed by atoms with Gasteiger partial charge < -0.3 is 10.1 Å². The van der Waals surface area contributed by atoms with Crippen LogP contribution in [0.5, 0.6) is 0 Å². The van der Waals surface area contributed by atoms with Crippen LogP contribution in [0.2, 0.25) is 0 Å². The predicted molar refractivity (Wildman–Crippen MR) is 119 cm³/mol. The van der Waals surface area contributed by atoms with Crippen LogP contribution in [-0.2, 0) is 11.3 Å². The summed E-state index contributed by atoms with van der Waals surface area (Å²) in [4.78, 5) is 29.7. The zero-order valence-electron chi connectivity index (χ0n) is 18.6. The van der Waals surface area contributed by atoms with Gasteiger partial charge in [-0.3, -0.25) is 20.0 Å². The highest BCUT2D eigenvalue weighted by molar-refractivity contribution is 5.68. The smallest absolute Gasteiger partial charge is 0.407 e. The summed E-state index contributed by atoms with van der Waals surface area (Å²) < 4.78 is 5.36. The van der Waals surface area contributed by atoms with Gasteiger partial charge in [0.15, 0.2) is 0 Å². The molecular formula is C23H30N4O4. The van der Waals surface area contributed by atoms with Gasteiger partial charge in [0.2, 0.25) is 0 Å². The molecular weight excluding hydrogens is 396 g/mol. The number of aryl methyl sites for hydroxylation is 1. The highest BCUT2D eigenvalue weighted by atomic mass is 16.6. The first-order valence-corrected chi connectivity index (χ1v) is 10.5. The first-order valence-electron chi connectivity index (χ1n) is 10.5. The molecule has 0 radical (unpaired) electrons. The van der Waals surface area contributed by atoms with Crippen molar-refractivity contribution in [3.8, 4) is 11.1 Å². The molecule has 1 unspecified atom stereocenters. The number of nitrogens with zero attached hydrogens (tertiary/aromatic N) is 3. The van der Waals surface area contributed by atoms with Crippen molar-refractivity contribution in [1.82, 2.24) is 15.2 Å². The molecule has 166 valence electrons. The third-order valence-electron chi connectivity index (χ3n) is 5.07. The molecule has 1 aromatic carbocycles. The summed E-state index contributed by atoms with van der Waals surface area (Å²) in [7, 11) is 0. The zero-order valence-corrected chi connectivity index (χ0v) is 18.6. The lowest BCUT2D eigenvalue weighted by atomic mass is 10.0. The van der Waals surface area contributed by atoms with E-state index in [-0.39, 0.29) is 16.7 Å². The number of rotatable bonds is 5. The van der Waals surface area contributed by atoms with Crippen LogP contribution in [0.4, 0.5) is 10.5 Å². The molecule has 1 aromatic heterocycles. The average Bonchev–Trinajstić information content (AvgIpc) is 2.67. The maximum Gasteiger partial charge on any atom is 0.407 e. The molecule has 0 saturated carbocycles. The summed E-state index contributed by atoms with van der Waals surface area (Å²) >= 11 is 0. The number of nitrogens with one attached hydrogen (secondary N) is 1. The number of piperidine rings is 1. The SMILES string of the molecule is Cc1ccc(-c2cc(CN3CCCC(NC(=O)OC(C)(C)C)C3)cc([N+](=O)[O-])c2)cn1. The van der Waals surface area contributed by atoms with Gasteiger partial charge in [0.1, 0.15) is 5.60 Å². The number of amides is 1. The molecule has 2 aromatic rings. The second-order valence-electron chi connectivity index (χ2n) is 9.05. The quantitative estimate of drug-likeness (QED) is 0.560. The molecule has 1 aliphatic rings. The molecule has 3 rings (SSSR count). The van der Waals surface area contributed by atoms with Crippen molar-refractivity contribution in [2.24, 2.45) is 0 Å². The molecule has 1 aliphatic heterocycles. The number of alkyl carbamates (subject to hydrolysis) is 1. The second-order valence-corrected chi connectivity index (χ2v) is 9.05. The molecule has 8 heteroatoms. The maximum atomic E-state index is 12.1. The van der Waals surface area contributed by atoms with Gasteiger partial charge in [-0.25, -0.2) is 4.79 Å². The summed E-state index contributed by atoms with van der Waals surface area (Å²) in [5, 5.41) is 14.4. The minimum Gasteiger partial charge on any atom is -0.444 e. The number of nitro groups is 1. The Kier molecular flexibility index (Phi) is 6.90. The molecule has 0 aliphatic carbocycles. The van der Waals surface area contributed by atoms with E-state index < -0.39 is 11.7 Å². The van der Waals surface area contributed by atoms with Gasteiger partial charge >= 0.3 is 6.09 Å². The predicted octanol–water partition coefficient (Wildman–Crippen LogP) is 4.45. The van der Waals surface area contributed by atoms with Gasteiger partial charge in [-0.15, -0.1) is 0 Å². The van der Waals surface area contributed by atoms with Crippen molar-refractivity contribution in [1.29, 1.82) is 0 Å². The fourth-order valence-corrected chi connectivity index (χ4v) is 3.73. The Bertz CT molecular complexity index is 938. The molecule has 1 atom stereocenters. The van der Waals surface area contributed by atoms with Crippen LogP contribution in [0.15, 0.2) is 36.5 Å². The second kappa shape index (κ2) is 9.43. The van der Waals surface area contributed by atoms with Crippen LogP contribution in [0.3, 0.4) is 0 Å². The Hall–Kier alpha value is -3.00. The molecule has 1 amide bonds. The number of likely N-dealkylation sites (tertiary alicyclic amines) is 1. The van der Waals surface area contributed by atoms with Crippen molar-refractivity contribution in [2.75, 3.05) is 13.1 Å². The molecule has 1 fully saturated rings. The van der Waals surface area contributed by atoms with Gasteiger partial charge in [0, 0.05) is 48.7 Å². The van der Waals surface area contributed by atoms with E-state index in [1.54, 1.807) is 18.3 Å². The van der Waals surface area contributed by atoms with Gasteiger partial charge in [0.25, 0.3) is 5.69 Å². The number of nitro benzene ring substituents is 1. The minimum atomic E-state index is -0.539. The lowest BCUT2D eigenvalue weighted by Gasteiger charge is -2.33. The maximum absolute atomic E-state index is 12.1. The summed E-state index contributed by atoms with van der Waals surface area (Å²) in [6, 6.07) is 8.99. The monoisotopic (exact) mass is 426 g/mol. The average molecular weight is 427 g/mol. The van der Waals surface area contributed by atoms with Gasteiger partial charge in [0.05, 0.1) is 4.92 Å². The minimum absolute atomic E-state index is 0.0110. The standard InChI is InChI=1S/C23H30N4O4/c1-16-7-8-18(13-24-16)19-10-17(11-21(12-19)27(29)30)14-26-9-5-6-20(15-26)25-22(28)31-23(2,3)4/h7-8,10-13,20H,5-6,9,14-15H2,1-4H3,(H,25,28). The lowest BCUT2D eigenvalue weighted by molar-refractivity contribution is -0.384.